The SMILES string of the molecule is Bc1ccccc1C[C@H](O)C(=O)O. The van der Waals surface area contributed by atoms with Crippen LogP contribution in [0.1, 0.15) is 5.56 Å². The Hall–Kier alpha value is -1.29. The number of aliphatic carboxylic acids is 1. The molecule has 0 fully saturated rings. The zero-order chi connectivity index (χ0) is 9.84. The highest BCUT2D eigenvalue weighted by molar-refractivity contribution is 6.33. The third-order valence-electron chi connectivity index (χ3n) is 1.96. The van der Waals surface area contributed by atoms with Gasteiger partial charge in [-0.1, -0.05) is 35.3 Å². The van der Waals surface area contributed by atoms with Crippen molar-refractivity contribution in [3.63, 3.8) is 0 Å². The molecule has 0 aliphatic heterocycles. The molecule has 4 heteroatoms. The lowest BCUT2D eigenvalue weighted by Crippen LogP contribution is -2.25. The lowest BCUT2D eigenvalue weighted by Gasteiger charge is -2.07. The highest BCUT2D eigenvalue weighted by Gasteiger charge is 2.13. The Balaban J connectivity index is 2.74. The summed E-state index contributed by atoms with van der Waals surface area (Å²) < 4.78 is 0. The second-order valence-corrected chi connectivity index (χ2v) is 2.98. The van der Waals surface area contributed by atoms with Crippen molar-refractivity contribution in [2.24, 2.45) is 0 Å². The Labute approximate surface area is 77.4 Å². The van der Waals surface area contributed by atoms with Gasteiger partial charge in [-0.15, -0.1) is 0 Å². The monoisotopic (exact) mass is 178 g/mol. The Morgan fingerprint density at radius 3 is 2.62 bits per heavy atom. The van der Waals surface area contributed by atoms with Gasteiger partial charge in [0, 0.05) is 6.42 Å². The Kier molecular flexibility index (Phi) is 3.09. The van der Waals surface area contributed by atoms with Crippen LogP contribution in [0.3, 0.4) is 0 Å². The summed E-state index contributed by atoms with van der Waals surface area (Å²) >= 11 is 0. The maximum atomic E-state index is 10.4. The van der Waals surface area contributed by atoms with Gasteiger partial charge >= 0.3 is 5.97 Å². The lowest BCUT2D eigenvalue weighted by molar-refractivity contribution is -0.146. The fraction of sp³-hybridized carbons (Fsp3) is 0.222. The number of aliphatic hydroxyl groups excluding tert-OH is 1. The molecule has 0 saturated heterocycles. The summed E-state index contributed by atoms with van der Waals surface area (Å²) in [7, 11) is 1.89. The van der Waals surface area contributed by atoms with E-state index in [4.69, 9.17) is 10.2 Å². The molecule has 13 heavy (non-hydrogen) atoms. The number of rotatable bonds is 3. The summed E-state index contributed by atoms with van der Waals surface area (Å²) in [6.45, 7) is 0. The summed E-state index contributed by atoms with van der Waals surface area (Å²) in [4.78, 5) is 10.4. The maximum Gasteiger partial charge on any atom is 0.332 e. The highest BCUT2D eigenvalue weighted by Crippen LogP contribution is 2.00. The number of hydrogen-bond acceptors (Lipinski definition) is 2. The highest BCUT2D eigenvalue weighted by atomic mass is 16.4. The topological polar surface area (TPSA) is 57.5 Å². The number of carbonyl (C=O) groups is 1. The van der Waals surface area contributed by atoms with Crippen molar-refractivity contribution >= 4 is 19.3 Å². The molecule has 0 saturated carbocycles. The molecular weight excluding hydrogens is 167 g/mol. The van der Waals surface area contributed by atoms with Crippen molar-refractivity contribution in [2.45, 2.75) is 12.5 Å². The van der Waals surface area contributed by atoms with E-state index >= 15 is 0 Å². The van der Waals surface area contributed by atoms with Gasteiger partial charge in [0.15, 0.2) is 6.10 Å². The van der Waals surface area contributed by atoms with Crippen molar-refractivity contribution in [2.75, 3.05) is 0 Å². The summed E-state index contributed by atoms with van der Waals surface area (Å²) in [5, 5.41) is 17.6. The number of carboxylic acids is 1. The van der Waals surface area contributed by atoms with Crippen molar-refractivity contribution in [1.29, 1.82) is 0 Å². The molecule has 1 aromatic carbocycles. The van der Waals surface area contributed by atoms with Gasteiger partial charge in [-0.25, -0.2) is 4.79 Å². The van der Waals surface area contributed by atoms with Crippen molar-refractivity contribution in [3.8, 4) is 0 Å². The first kappa shape index (κ1) is 9.80. The molecule has 1 aromatic rings. The quantitative estimate of drug-likeness (QED) is 0.579. The number of carboxylic acid groups (broad SMARTS) is 1. The van der Waals surface area contributed by atoms with Crippen molar-refractivity contribution in [3.05, 3.63) is 29.8 Å². The molecule has 2 N–H and O–H groups in total. The number of hydrogen-bond donors (Lipinski definition) is 2. The summed E-state index contributed by atoms with van der Waals surface area (Å²) in [5.74, 6) is -1.18. The van der Waals surface area contributed by atoms with Crippen LogP contribution in [0.5, 0.6) is 0 Å². The van der Waals surface area contributed by atoms with Crippen LogP contribution in [0.2, 0.25) is 0 Å². The Morgan fingerprint density at radius 2 is 2.08 bits per heavy atom. The van der Waals surface area contributed by atoms with Crippen LogP contribution in [0.15, 0.2) is 24.3 Å². The van der Waals surface area contributed by atoms with Gasteiger partial charge in [0.2, 0.25) is 0 Å². The van der Waals surface area contributed by atoms with Gasteiger partial charge in [-0.3, -0.25) is 0 Å². The molecule has 0 bridgehead atoms. The molecule has 0 aliphatic carbocycles. The lowest BCUT2D eigenvalue weighted by atomic mass is 9.88. The zero-order valence-electron chi connectivity index (χ0n) is 7.40. The van der Waals surface area contributed by atoms with Crippen LogP contribution in [0.4, 0.5) is 0 Å². The largest absolute Gasteiger partial charge is 0.479 e. The predicted molar refractivity (Wildman–Crippen MR) is 52.0 cm³/mol. The molecule has 0 amide bonds. The minimum atomic E-state index is -1.30. The molecule has 0 spiro atoms. The molecule has 0 radical (unpaired) electrons. The summed E-state index contributed by atoms with van der Waals surface area (Å²) in [6, 6.07) is 7.42. The minimum absolute atomic E-state index is 0.169. The molecule has 0 unspecified atom stereocenters. The molecule has 68 valence electrons. The van der Waals surface area contributed by atoms with E-state index in [0.717, 1.165) is 11.0 Å². The molecule has 0 aliphatic rings. The van der Waals surface area contributed by atoms with Gasteiger partial charge in [0.05, 0.1) is 0 Å². The molecule has 1 atom stereocenters. The minimum Gasteiger partial charge on any atom is -0.479 e. The van der Waals surface area contributed by atoms with Gasteiger partial charge in [0.25, 0.3) is 0 Å². The van der Waals surface area contributed by atoms with Crippen molar-refractivity contribution in [1.82, 2.24) is 0 Å². The van der Waals surface area contributed by atoms with Crippen LogP contribution in [0.25, 0.3) is 0 Å². The van der Waals surface area contributed by atoms with Crippen LogP contribution in [-0.4, -0.2) is 30.1 Å². The molecule has 0 heterocycles. The molecule has 3 nitrogen and oxygen atoms in total. The third-order valence-corrected chi connectivity index (χ3v) is 1.96. The van der Waals surface area contributed by atoms with E-state index in [2.05, 4.69) is 0 Å². The second-order valence-electron chi connectivity index (χ2n) is 2.98. The zero-order valence-corrected chi connectivity index (χ0v) is 7.40. The maximum absolute atomic E-state index is 10.4. The molecule has 1 rings (SSSR count). The third kappa shape index (κ3) is 2.59. The van der Waals surface area contributed by atoms with Crippen LogP contribution in [0, 0.1) is 0 Å². The van der Waals surface area contributed by atoms with Crippen molar-refractivity contribution < 1.29 is 15.0 Å². The smallest absolute Gasteiger partial charge is 0.332 e. The van der Waals surface area contributed by atoms with Gasteiger partial charge in [-0.2, -0.15) is 0 Å². The fourth-order valence-electron chi connectivity index (χ4n) is 1.13. The number of benzene rings is 1. The van der Waals surface area contributed by atoms with E-state index in [-0.39, 0.29) is 6.42 Å². The number of aliphatic hydroxyl groups is 1. The van der Waals surface area contributed by atoms with E-state index < -0.39 is 12.1 Å². The van der Waals surface area contributed by atoms with E-state index in [1.165, 1.54) is 0 Å². The van der Waals surface area contributed by atoms with Crippen LogP contribution >= 0.6 is 0 Å². The fourth-order valence-corrected chi connectivity index (χ4v) is 1.13. The van der Waals surface area contributed by atoms with E-state index in [1.807, 2.05) is 32.1 Å². The molecule has 0 aromatic heterocycles. The normalized spacial score (nSPS) is 12.4. The predicted octanol–water partition coefficient (Wildman–Crippen LogP) is -1.07. The van der Waals surface area contributed by atoms with E-state index in [0.29, 0.717) is 0 Å². The van der Waals surface area contributed by atoms with Gasteiger partial charge in [-0.05, 0) is 0 Å². The summed E-state index contributed by atoms with van der Waals surface area (Å²) in [5.41, 5.74) is 1.88. The molecular formula is C9H11BO3. The van der Waals surface area contributed by atoms with Crippen LogP contribution in [-0.2, 0) is 11.2 Å². The summed E-state index contributed by atoms with van der Waals surface area (Å²) in [6.07, 6.45) is -1.14. The van der Waals surface area contributed by atoms with Gasteiger partial charge < -0.3 is 10.2 Å². The van der Waals surface area contributed by atoms with E-state index in [9.17, 15) is 4.79 Å². The average molecular weight is 178 g/mol. The first-order valence-corrected chi connectivity index (χ1v) is 4.06. The van der Waals surface area contributed by atoms with Crippen LogP contribution < -0.4 is 5.46 Å². The van der Waals surface area contributed by atoms with Gasteiger partial charge in [0.1, 0.15) is 7.85 Å². The van der Waals surface area contributed by atoms with E-state index in [1.54, 1.807) is 0 Å². The first-order valence-electron chi connectivity index (χ1n) is 4.06. The standard InChI is InChI=1S/C9H11BO3/c10-7-4-2-1-3-6(7)5-8(11)9(12)13/h1-4,8,11H,5,10H2,(H,12,13)/t8-/m0/s1. The second kappa shape index (κ2) is 4.09. The Bertz CT molecular complexity index is 311. The average Bonchev–Trinajstić information content (AvgIpc) is 2.08. The first-order chi connectivity index (χ1) is 6.11. The Morgan fingerprint density at radius 1 is 1.46 bits per heavy atom.